The van der Waals surface area contributed by atoms with Gasteiger partial charge in [-0.3, -0.25) is 4.79 Å². The number of para-hydroxylation sites is 1. The number of hydrogen-bond acceptors (Lipinski definition) is 8. The molecule has 0 radical (unpaired) electrons. The molecule has 3 heterocycles. The quantitative estimate of drug-likeness (QED) is 0.271. The first-order valence-electron chi connectivity index (χ1n) is 14.1. The SMILES string of the molecule is C=CC(=O)N1CCN(c2nc(=O)n(-c3c(C(C)C)cccc3S(C)(=O)=O)c3nc(-c4ccc(C#N)cc4Cl)c(F)cc23)C(C)C1. The first-order valence-corrected chi connectivity index (χ1v) is 16.4. The zero-order chi connectivity index (χ0) is 32.8. The number of carbonyl (C=O) groups excluding carboxylic acids is 1. The van der Waals surface area contributed by atoms with Gasteiger partial charge in [-0.05, 0) is 54.8 Å². The van der Waals surface area contributed by atoms with Crippen molar-refractivity contribution >= 4 is 44.2 Å². The largest absolute Gasteiger partial charge is 0.355 e. The van der Waals surface area contributed by atoms with Crippen LogP contribution >= 0.6 is 11.6 Å². The molecule has 1 unspecified atom stereocenters. The van der Waals surface area contributed by atoms with Gasteiger partial charge in [-0.15, -0.1) is 0 Å². The summed E-state index contributed by atoms with van der Waals surface area (Å²) >= 11 is 6.46. The molecule has 5 rings (SSSR count). The number of anilines is 1. The van der Waals surface area contributed by atoms with Crippen molar-refractivity contribution in [3.05, 3.63) is 87.6 Å². The molecule has 0 saturated carbocycles. The third-order valence-corrected chi connectivity index (χ3v) is 9.26. The van der Waals surface area contributed by atoms with Crippen LogP contribution in [0.15, 0.2) is 64.8 Å². The van der Waals surface area contributed by atoms with Gasteiger partial charge in [0.1, 0.15) is 17.3 Å². The molecule has 10 nitrogen and oxygen atoms in total. The van der Waals surface area contributed by atoms with Gasteiger partial charge in [-0.25, -0.2) is 27.2 Å². The maximum Gasteiger partial charge on any atom is 0.355 e. The van der Waals surface area contributed by atoms with E-state index in [0.717, 1.165) is 10.8 Å². The van der Waals surface area contributed by atoms with Gasteiger partial charge in [-0.1, -0.05) is 44.2 Å². The van der Waals surface area contributed by atoms with Crippen LogP contribution in [0.5, 0.6) is 0 Å². The normalized spacial score (nSPS) is 15.4. The Morgan fingerprint density at radius 2 is 1.93 bits per heavy atom. The molecule has 1 atom stereocenters. The van der Waals surface area contributed by atoms with E-state index < -0.39 is 21.3 Å². The highest BCUT2D eigenvalue weighted by Gasteiger charge is 2.31. The molecule has 0 N–H and O–H groups in total. The number of pyridine rings is 1. The van der Waals surface area contributed by atoms with Gasteiger partial charge in [0.2, 0.25) is 5.91 Å². The number of aromatic nitrogens is 3. The first kappa shape index (κ1) is 31.8. The Morgan fingerprint density at radius 1 is 1.20 bits per heavy atom. The highest BCUT2D eigenvalue weighted by molar-refractivity contribution is 7.90. The predicted octanol–water partition coefficient (Wildman–Crippen LogP) is 4.86. The van der Waals surface area contributed by atoms with E-state index in [1.807, 2.05) is 31.7 Å². The number of piperazine rings is 1. The molecule has 1 saturated heterocycles. The summed E-state index contributed by atoms with van der Waals surface area (Å²) in [6, 6.07) is 11.9. The fourth-order valence-corrected chi connectivity index (χ4v) is 6.79. The van der Waals surface area contributed by atoms with Crippen LogP contribution in [-0.2, 0) is 14.6 Å². The van der Waals surface area contributed by atoms with Crippen LogP contribution in [0.25, 0.3) is 28.0 Å². The van der Waals surface area contributed by atoms with Crippen molar-refractivity contribution in [2.45, 2.75) is 37.6 Å². The highest BCUT2D eigenvalue weighted by Crippen LogP contribution is 2.36. The standard InChI is InChI=1S/C32H30ClFN6O4S/c1-6-27(41)38-12-13-39(19(4)17-38)30-23-15-25(34)28(22-11-10-20(16-35)14-24(22)33)36-31(23)40(32(42)37-30)29-21(18(2)3)8-7-9-26(29)45(5,43)44/h6-11,14-15,18-19H,1,12-13,17H2,2-5H3. The third kappa shape index (κ3) is 5.81. The number of rotatable bonds is 6. The van der Waals surface area contributed by atoms with Crippen molar-refractivity contribution in [3.8, 4) is 23.0 Å². The van der Waals surface area contributed by atoms with Crippen LogP contribution in [0.2, 0.25) is 5.02 Å². The monoisotopic (exact) mass is 648 g/mol. The fourth-order valence-electron chi connectivity index (χ4n) is 5.64. The number of halogens is 2. The van der Waals surface area contributed by atoms with E-state index in [4.69, 9.17) is 11.6 Å². The number of sulfone groups is 1. The van der Waals surface area contributed by atoms with Crippen LogP contribution in [0.3, 0.4) is 0 Å². The lowest BCUT2D eigenvalue weighted by Gasteiger charge is -2.40. The second-order valence-electron chi connectivity index (χ2n) is 11.2. The Hall–Kier alpha value is -4.60. The molecule has 232 valence electrons. The van der Waals surface area contributed by atoms with Gasteiger partial charge in [0.15, 0.2) is 15.5 Å². The molecule has 1 fully saturated rings. The van der Waals surface area contributed by atoms with Crippen molar-refractivity contribution < 1.29 is 17.6 Å². The summed E-state index contributed by atoms with van der Waals surface area (Å²) in [6.45, 7) is 10.0. The van der Waals surface area contributed by atoms with Crippen molar-refractivity contribution in [3.63, 3.8) is 0 Å². The fraction of sp³-hybridized carbons (Fsp3) is 0.281. The summed E-state index contributed by atoms with van der Waals surface area (Å²) in [7, 11) is -3.86. The van der Waals surface area contributed by atoms with Crippen LogP contribution in [0.1, 0.15) is 37.8 Å². The minimum atomic E-state index is -3.86. The van der Waals surface area contributed by atoms with Gasteiger partial charge >= 0.3 is 5.69 Å². The first-order chi connectivity index (χ1) is 21.3. The molecule has 45 heavy (non-hydrogen) atoms. The Labute approximate surface area is 264 Å². The number of carbonyl (C=O) groups is 1. The van der Waals surface area contributed by atoms with Crippen molar-refractivity contribution in [1.29, 1.82) is 5.26 Å². The third-order valence-electron chi connectivity index (χ3n) is 7.82. The Balaban J connectivity index is 1.88. The summed E-state index contributed by atoms with van der Waals surface area (Å²) in [6.07, 6.45) is 2.28. The predicted molar refractivity (Wildman–Crippen MR) is 171 cm³/mol. The van der Waals surface area contributed by atoms with Crippen molar-refractivity contribution in [2.75, 3.05) is 30.8 Å². The lowest BCUT2D eigenvalue weighted by molar-refractivity contribution is -0.126. The molecule has 2 aromatic carbocycles. The summed E-state index contributed by atoms with van der Waals surface area (Å²) < 4.78 is 43.3. The molecule has 0 spiro atoms. The lowest BCUT2D eigenvalue weighted by atomic mass is 10.0. The van der Waals surface area contributed by atoms with Crippen LogP contribution in [-0.4, -0.2) is 65.7 Å². The molecule has 0 aliphatic carbocycles. The number of hydrogen-bond donors (Lipinski definition) is 0. The zero-order valence-electron chi connectivity index (χ0n) is 25.1. The Morgan fingerprint density at radius 3 is 2.53 bits per heavy atom. The molecule has 4 aromatic rings. The van der Waals surface area contributed by atoms with Gasteiger partial charge in [-0.2, -0.15) is 10.2 Å². The van der Waals surface area contributed by atoms with E-state index in [1.54, 1.807) is 17.0 Å². The van der Waals surface area contributed by atoms with Crippen LogP contribution in [0, 0.1) is 17.1 Å². The summed E-state index contributed by atoms with van der Waals surface area (Å²) in [4.78, 5) is 38.8. The second kappa shape index (κ2) is 12.1. The van der Waals surface area contributed by atoms with Crippen LogP contribution in [0.4, 0.5) is 10.2 Å². The minimum absolute atomic E-state index is 0.0309. The van der Waals surface area contributed by atoms with Gasteiger partial charge in [0.25, 0.3) is 0 Å². The maximum atomic E-state index is 16.1. The lowest BCUT2D eigenvalue weighted by Crippen LogP contribution is -2.54. The second-order valence-corrected chi connectivity index (χ2v) is 13.6. The number of nitrogens with zero attached hydrogens (tertiary/aromatic N) is 6. The van der Waals surface area contributed by atoms with E-state index in [0.29, 0.717) is 18.7 Å². The minimum Gasteiger partial charge on any atom is -0.350 e. The smallest absolute Gasteiger partial charge is 0.350 e. The Kier molecular flexibility index (Phi) is 8.53. The van der Waals surface area contributed by atoms with E-state index in [2.05, 4.69) is 16.5 Å². The average Bonchev–Trinajstić information content (AvgIpc) is 2.99. The molecule has 0 bridgehead atoms. The average molecular weight is 649 g/mol. The van der Waals surface area contributed by atoms with Gasteiger partial charge < -0.3 is 9.80 Å². The molecular formula is C32H30ClFN6O4S. The number of amides is 1. The zero-order valence-corrected chi connectivity index (χ0v) is 26.7. The highest BCUT2D eigenvalue weighted by atomic mass is 35.5. The van der Waals surface area contributed by atoms with E-state index >= 15 is 4.39 Å². The van der Waals surface area contributed by atoms with Crippen LogP contribution < -0.4 is 10.6 Å². The van der Waals surface area contributed by atoms with Crippen molar-refractivity contribution in [2.24, 2.45) is 0 Å². The number of benzene rings is 2. The Bertz CT molecular complexity index is 2090. The molecule has 1 amide bonds. The molecule has 1 aliphatic rings. The molecular weight excluding hydrogens is 619 g/mol. The maximum absolute atomic E-state index is 16.1. The molecule has 2 aromatic heterocycles. The summed E-state index contributed by atoms with van der Waals surface area (Å²) in [5, 5.41) is 9.52. The summed E-state index contributed by atoms with van der Waals surface area (Å²) in [5.41, 5.74) is 0.0248. The van der Waals surface area contributed by atoms with E-state index in [1.165, 1.54) is 36.4 Å². The molecule has 1 aliphatic heterocycles. The van der Waals surface area contributed by atoms with E-state index in [9.17, 15) is 23.3 Å². The van der Waals surface area contributed by atoms with E-state index in [-0.39, 0.29) is 73.7 Å². The van der Waals surface area contributed by atoms with Gasteiger partial charge in [0.05, 0.1) is 32.6 Å². The number of fused-ring (bicyclic) bond motifs is 1. The van der Waals surface area contributed by atoms with Gasteiger partial charge in [0, 0.05) is 37.5 Å². The van der Waals surface area contributed by atoms with Crippen molar-refractivity contribution in [1.82, 2.24) is 19.4 Å². The number of nitriles is 1. The molecule has 13 heteroatoms. The topological polar surface area (TPSA) is 129 Å². The summed E-state index contributed by atoms with van der Waals surface area (Å²) in [5.74, 6) is -1.07.